The monoisotopic (exact) mass is 284 g/mol. The number of nitrogen functional groups attached to an aromatic ring is 1. The topological polar surface area (TPSA) is 77.5 Å². The number of hydrogen-bond donors (Lipinski definition) is 2. The molecule has 0 aliphatic rings. The van der Waals surface area contributed by atoms with E-state index in [4.69, 9.17) is 26.6 Å². The lowest BCUT2D eigenvalue weighted by molar-refractivity contribution is 0.0953. The van der Waals surface area contributed by atoms with E-state index in [0.717, 1.165) is 0 Å². The van der Waals surface area contributed by atoms with Gasteiger partial charge in [0.15, 0.2) is 11.6 Å². The highest BCUT2D eigenvalue weighted by Crippen LogP contribution is 2.28. The molecule has 0 aliphatic heterocycles. The molecule has 19 heavy (non-hydrogen) atoms. The highest BCUT2D eigenvalue weighted by molar-refractivity contribution is 6.32. The molecule has 100 valence electrons. The summed E-state index contributed by atoms with van der Waals surface area (Å²) in [5, 5.41) is 0.159. The van der Waals surface area contributed by atoms with Gasteiger partial charge in [-0.1, -0.05) is 17.7 Å². The van der Waals surface area contributed by atoms with Gasteiger partial charge in [-0.05, 0) is 18.2 Å². The van der Waals surface area contributed by atoms with Gasteiger partial charge in [-0.25, -0.2) is 10.2 Å². The summed E-state index contributed by atoms with van der Waals surface area (Å²) in [7, 11) is 0. The lowest BCUT2D eigenvalue weighted by atomic mass is 10.3. The number of hydrazine groups is 1. The Morgan fingerprint density at radius 2 is 2.32 bits per heavy atom. The number of para-hydroxylation sites is 1. The van der Waals surface area contributed by atoms with Crippen molar-refractivity contribution in [1.82, 2.24) is 5.43 Å². The number of nitrogens with two attached hydrogens (primary N) is 1. The van der Waals surface area contributed by atoms with Gasteiger partial charge in [-0.2, -0.15) is 0 Å². The van der Waals surface area contributed by atoms with Crippen molar-refractivity contribution in [3.8, 4) is 5.75 Å². The molecule has 0 aliphatic carbocycles. The molecule has 0 fully saturated rings. The van der Waals surface area contributed by atoms with Crippen molar-refractivity contribution in [2.45, 2.75) is 6.61 Å². The van der Waals surface area contributed by atoms with Crippen molar-refractivity contribution in [1.29, 1.82) is 0 Å². The van der Waals surface area contributed by atoms with Crippen LogP contribution in [0, 0.1) is 5.82 Å². The molecule has 0 radical (unpaired) electrons. The number of carbonyl (C=O) groups excluding carboxylic acids is 1. The summed E-state index contributed by atoms with van der Waals surface area (Å²) in [6.07, 6.45) is 1.23. The van der Waals surface area contributed by atoms with E-state index in [0.29, 0.717) is 5.76 Å². The first kappa shape index (κ1) is 13.4. The zero-order valence-electron chi connectivity index (χ0n) is 9.65. The van der Waals surface area contributed by atoms with E-state index in [9.17, 15) is 9.18 Å². The number of carbonyl (C=O) groups is 1. The van der Waals surface area contributed by atoms with E-state index in [2.05, 4.69) is 0 Å². The Hall–Kier alpha value is -2.05. The van der Waals surface area contributed by atoms with E-state index in [1.165, 1.54) is 30.5 Å². The molecule has 7 heteroatoms. The molecule has 0 bridgehead atoms. The highest BCUT2D eigenvalue weighted by Gasteiger charge is 2.12. The minimum Gasteiger partial charge on any atom is -0.481 e. The van der Waals surface area contributed by atoms with Crippen LogP contribution in [0.25, 0.3) is 0 Å². The molecule has 5 nitrogen and oxygen atoms in total. The molecular formula is C12H10ClFN2O3. The highest BCUT2D eigenvalue weighted by atomic mass is 35.5. The summed E-state index contributed by atoms with van der Waals surface area (Å²) in [5.74, 6) is 4.20. The van der Waals surface area contributed by atoms with Crippen LogP contribution in [-0.2, 0) is 6.61 Å². The van der Waals surface area contributed by atoms with Crippen LogP contribution in [-0.4, -0.2) is 5.91 Å². The Morgan fingerprint density at radius 1 is 1.53 bits per heavy atom. The Labute approximate surface area is 113 Å². The smallest absolute Gasteiger partial charge is 0.268 e. The van der Waals surface area contributed by atoms with Crippen LogP contribution < -0.4 is 16.0 Å². The minimum atomic E-state index is -0.570. The van der Waals surface area contributed by atoms with Crippen LogP contribution >= 0.6 is 11.6 Å². The molecule has 2 aromatic rings. The number of rotatable bonds is 4. The van der Waals surface area contributed by atoms with E-state index in [1.54, 1.807) is 0 Å². The van der Waals surface area contributed by atoms with Gasteiger partial charge < -0.3 is 9.15 Å². The van der Waals surface area contributed by atoms with Crippen molar-refractivity contribution < 1.29 is 18.3 Å². The summed E-state index contributed by atoms with van der Waals surface area (Å²) in [6.45, 7) is -0.0570. The quantitative estimate of drug-likeness (QED) is 0.513. The third kappa shape index (κ3) is 3.04. The van der Waals surface area contributed by atoms with Crippen molar-refractivity contribution in [2.24, 2.45) is 5.84 Å². The fraction of sp³-hybridized carbons (Fsp3) is 0.0833. The average Bonchev–Trinajstić information content (AvgIpc) is 2.86. The third-order valence-electron chi connectivity index (χ3n) is 2.32. The Balaban J connectivity index is 2.07. The fourth-order valence-electron chi connectivity index (χ4n) is 1.42. The maximum absolute atomic E-state index is 13.4. The van der Waals surface area contributed by atoms with Crippen LogP contribution in [0.5, 0.6) is 5.75 Å². The van der Waals surface area contributed by atoms with Crippen LogP contribution in [0.2, 0.25) is 5.02 Å². The number of ether oxygens (including phenoxy) is 1. The lowest BCUT2D eigenvalue weighted by Gasteiger charge is -2.06. The molecule has 0 saturated carbocycles. The normalized spacial score (nSPS) is 10.3. The van der Waals surface area contributed by atoms with Gasteiger partial charge in [-0.15, -0.1) is 0 Å². The average molecular weight is 285 g/mol. The summed E-state index contributed by atoms with van der Waals surface area (Å²) < 4.78 is 23.7. The molecular weight excluding hydrogens is 275 g/mol. The van der Waals surface area contributed by atoms with Crippen LogP contribution in [0.15, 0.2) is 34.9 Å². The van der Waals surface area contributed by atoms with Crippen molar-refractivity contribution in [3.63, 3.8) is 0 Å². The molecule has 1 aromatic heterocycles. The van der Waals surface area contributed by atoms with Crippen molar-refractivity contribution in [3.05, 3.63) is 52.7 Å². The minimum absolute atomic E-state index is 0.0570. The van der Waals surface area contributed by atoms with Gasteiger partial charge in [0.1, 0.15) is 18.6 Å². The largest absolute Gasteiger partial charge is 0.481 e. The molecule has 3 N–H and O–H groups in total. The summed E-state index contributed by atoms with van der Waals surface area (Å²) in [5.41, 5.74) is 2.22. The summed E-state index contributed by atoms with van der Waals surface area (Å²) >= 11 is 5.80. The first-order chi connectivity index (χ1) is 9.11. The number of furan rings is 1. The summed E-state index contributed by atoms with van der Waals surface area (Å²) in [4.78, 5) is 11.2. The van der Waals surface area contributed by atoms with Gasteiger partial charge in [0, 0.05) is 0 Å². The lowest BCUT2D eigenvalue weighted by Crippen LogP contribution is -2.29. The maximum Gasteiger partial charge on any atom is 0.268 e. The molecule has 1 aromatic carbocycles. The van der Waals surface area contributed by atoms with Crippen molar-refractivity contribution >= 4 is 17.5 Å². The van der Waals surface area contributed by atoms with E-state index < -0.39 is 11.7 Å². The van der Waals surface area contributed by atoms with Gasteiger partial charge >= 0.3 is 0 Å². The van der Waals surface area contributed by atoms with Crippen LogP contribution in [0.1, 0.15) is 16.1 Å². The standard InChI is InChI=1S/C12H10ClFN2O3/c13-9-2-1-3-10(14)11(9)19-6-8-4-7(5-18-8)12(17)16-15/h1-5H,6,15H2,(H,16,17). The Kier molecular flexibility index (Phi) is 4.03. The maximum atomic E-state index is 13.4. The predicted octanol–water partition coefficient (Wildman–Crippen LogP) is 2.25. The molecule has 1 amide bonds. The second-order valence-corrected chi connectivity index (χ2v) is 4.02. The SMILES string of the molecule is NNC(=O)c1coc(COc2c(F)cccc2Cl)c1. The first-order valence-corrected chi connectivity index (χ1v) is 5.64. The number of amides is 1. The van der Waals surface area contributed by atoms with E-state index in [-0.39, 0.29) is 22.9 Å². The molecule has 1 heterocycles. The van der Waals surface area contributed by atoms with Crippen LogP contribution in [0.3, 0.4) is 0 Å². The van der Waals surface area contributed by atoms with Gasteiger partial charge in [0.2, 0.25) is 0 Å². The molecule has 0 unspecified atom stereocenters. The zero-order chi connectivity index (χ0) is 13.8. The third-order valence-corrected chi connectivity index (χ3v) is 2.62. The van der Waals surface area contributed by atoms with Gasteiger partial charge in [0.05, 0.1) is 10.6 Å². The van der Waals surface area contributed by atoms with Gasteiger partial charge in [0.25, 0.3) is 5.91 Å². The predicted molar refractivity (Wildman–Crippen MR) is 66.1 cm³/mol. The molecule has 0 atom stereocenters. The summed E-state index contributed by atoms with van der Waals surface area (Å²) in [6, 6.07) is 5.66. The Morgan fingerprint density at radius 3 is 3.00 bits per heavy atom. The number of benzene rings is 1. The van der Waals surface area contributed by atoms with Gasteiger partial charge in [-0.3, -0.25) is 10.2 Å². The first-order valence-electron chi connectivity index (χ1n) is 5.27. The second-order valence-electron chi connectivity index (χ2n) is 3.61. The number of nitrogens with one attached hydrogen (secondary N) is 1. The second kappa shape index (κ2) is 5.73. The fourth-order valence-corrected chi connectivity index (χ4v) is 1.64. The number of halogens is 2. The van der Waals surface area contributed by atoms with E-state index >= 15 is 0 Å². The zero-order valence-corrected chi connectivity index (χ0v) is 10.4. The Bertz CT molecular complexity index is 580. The van der Waals surface area contributed by atoms with E-state index in [1.807, 2.05) is 5.43 Å². The molecule has 0 saturated heterocycles. The number of hydrogen-bond acceptors (Lipinski definition) is 4. The molecule has 2 rings (SSSR count). The van der Waals surface area contributed by atoms with Crippen molar-refractivity contribution in [2.75, 3.05) is 0 Å². The molecule has 0 spiro atoms. The van der Waals surface area contributed by atoms with Crippen LogP contribution in [0.4, 0.5) is 4.39 Å².